The SMILES string of the molecule is N#Cc1ccnc(N2CCN(c3nsc4ccccc34)CC2)n1. The van der Waals surface area contributed by atoms with Crippen LogP contribution in [0.1, 0.15) is 5.69 Å². The molecular weight excluding hydrogens is 308 g/mol. The van der Waals surface area contributed by atoms with Gasteiger partial charge in [0, 0.05) is 37.8 Å². The fourth-order valence-electron chi connectivity index (χ4n) is 2.78. The molecule has 2 aromatic heterocycles. The van der Waals surface area contributed by atoms with E-state index in [1.54, 1.807) is 23.8 Å². The summed E-state index contributed by atoms with van der Waals surface area (Å²) in [5, 5.41) is 10.2. The molecular formula is C16H14N6S. The average Bonchev–Trinajstić information content (AvgIpc) is 3.06. The monoisotopic (exact) mass is 322 g/mol. The summed E-state index contributed by atoms with van der Waals surface area (Å²) in [6.45, 7) is 3.38. The van der Waals surface area contributed by atoms with Crippen LogP contribution < -0.4 is 9.80 Å². The van der Waals surface area contributed by atoms with Gasteiger partial charge in [-0.1, -0.05) is 12.1 Å². The summed E-state index contributed by atoms with van der Waals surface area (Å²) in [6.07, 6.45) is 1.64. The minimum Gasteiger partial charge on any atom is -0.352 e. The number of nitrogens with zero attached hydrogens (tertiary/aromatic N) is 6. The lowest BCUT2D eigenvalue weighted by Gasteiger charge is -2.35. The highest BCUT2D eigenvalue weighted by atomic mass is 32.1. The zero-order valence-corrected chi connectivity index (χ0v) is 13.2. The topological polar surface area (TPSA) is 68.9 Å². The third kappa shape index (κ3) is 2.58. The largest absolute Gasteiger partial charge is 0.352 e. The Morgan fingerprint density at radius 2 is 1.83 bits per heavy atom. The number of anilines is 2. The van der Waals surface area contributed by atoms with Gasteiger partial charge in [-0.05, 0) is 29.7 Å². The zero-order valence-electron chi connectivity index (χ0n) is 12.4. The van der Waals surface area contributed by atoms with Crippen molar-refractivity contribution in [2.24, 2.45) is 0 Å². The van der Waals surface area contributed by atoms with Crippen LogP contribution in [-0.4, -0.2) is 40.5 Å². The molecule has 6 nitrogen and oxygen atoms in total. The van der Waals surface area contributed by atoms with Gasteiger partial charge >= 0.3 is 0 Å². The Kier molecular flexibility index (Phi) is 3.52. The maximum absolute atomic E-state index is 8.95. The van der Waals surface area contributed by atoms with Crippen LogP contribution in [0.2, 0.25) is 0 Å². The first-order valence-electron chi connectivity index (χ1n) is 7.42. The fourth-order valence-corrected chi connectivity index (χ4v) is 3.58. The van der Waals surface area contributed by atoms with Crippen LogP contribution >= 0.6 is 11.5 Å². The third-order valence-electron chi connectivity index (χ3n) is 3.98. The van der Waals surface area contributed by atoms with Gasteiger partial charge in [-0.15, -0.1) is 0 Å². The normalized spacial score (nSPS) is 14.9. The molecule has 4 rings (SSSR count). The predicted octanol–water partition coefficient (Wildman–Crippen LogP) is 2.28. The minimum atomic E-state index is 0.405. The maximum atomic E-state index is 8.95. The molecule has 0 radical (unpaired) electrons. The molecule has 0 amide bonds. The van der Waals surface area contributed by atoms with Gasteiger partial charge in [0.05, 0.1) is 4.70 Å². The van der Waals surface area contributed by atoms with Crippen molar-refractivity contribution in [3.8, 4) is 6.07 Å². The molecule has 3 aromatic rings. The van der Waals surface area contributed by atoms with Crippen molar-refractivity contribution in [3.63, 3.8) is 0 Å². The summed E-state index contributed by atoms with van der Waals surface area (Å²) >= 11 is 1.54. The van der Waals surface area contributed by atoms with Gasteiger partial charge in [-0.25, -0.2) is 9.97 Å². The Morgan fingerprint density at radius 1 is 1.04 bits per heavy atom. The lowest BCUT2D eigenvalue weighted by Crippen LogP contribution is -2.47. The van der Waals surface area contributed by atoms with Crippen molar-refractivity contribution in [2.75, 3.05) is 36.0 Å². The Balaban J connectivity index is 1.52. The van der Waals surface area contributed by atoms with Gasteiger partial charge in [0.15, 0.2) is 0 Å². The molecule has 114 valence electrons. The molecule has 3 heterocycles. The van der Waals surface area contributed by atoms with Crippen molar-refractivity contribution in [1.82, 2.24) is 14.3 Å². The summed E-state index contributed by atoms with van der Waals surface area (Å²) in [7, 11) is 0. The van der Waals surface area contributed by atoms with Crippen LogP contribution in [0, 0.1) is 11.3 Å². The van der Waals surface area contributed by atoms with E-state index in [1.165, 1.54) is 10.1 Å². The number of nitriles is 1. The van der Waals surface area contributed by atoms with Crippen LogP contribution in [0.15, 0.2) is 36.5 Å². The summed E-state index contributed by atoms with van der Waals surface area (Å²) in [5.74, 6) is 1.70. The second-order valence-electron chi connectivity index (χ2n) is 5.33. The maximum Gasteiger partial charge on any atom is 0.226 e. The van der Waals surface area contributed by atoms with Crippen molar-refractivity contribution in [2.45, 2.75) is 0 Å². The van der Waals surface area contributed by atoms with Gasteiger partial charge in [0.2, 0.25) is 5.95 Å². The Morgan fingerprint density at radius 3 is 2.65 bits per heavy atom. The second-order valence-corrected chi connectivity index (χ2v) is 6.14. The molecule has 0 atom stereocenters. The van der Waals surface area contributed by atoms with E-state index in [-0.39, 0.29) is 0 Å². The third-order valence-corrected chi connectivity index (χ3v) is 4.79. The molecule has 0 unspecified atom stereocenters. The molecule has 0 aliphatic carbocycles. The number of benzene rings is 1. The van der Waals surface area contributed by atoms with E-state index in [2.05, 4.69) is 48.4 Å². The molecule has 0 bridgehead atoms. The van der Waals surface area contributed by atoms with Crippen molar-refractivity contribution in [1.29, 1.82) is 5.26 Å². The summed E-state index contributed by atoms with van der Waals surface area (Å²) < 4.78 is 5.84. The molecule has 1 aliphatic rings. The Labute approximate surface area is 137 Å². The number of rotatable bonds is 2. The molecule has 1 saturated heterocycles. The van der Waals surface area contributed by atoms with Crippen LogP contribution in [0.5, 0.6) is 0 Å². The van der Waals surface area contributed by atoms with Crippen LogP contribution in [0.4, 0.5) is 11.8 Å². The highest BCUT2D eigenvalue weighted by molar-refractivity contribution is 7.13. The quantitative estimate of drug-likeness (QED) is 0.721. The summed E-state index contributed by atoms with van der Waals surface area (Å²) in [4.78, 5) is 13.0. The summed E-state index contributed by atoms with van der Waals surface area (Å²) in [5.41, 5.74) is 0.405. The van der Waals surface area contributed by atoms with E-state index in [0.717, 1.165) is 32.0 Å². The fraction of sp³-hybridized carbons (Fsp3) is 0.250. The van der Waals surface area contributed by atoms with Crippen LogP contribution in [0.3, 0.4) is 0 Å². The number of hydrogen-bond donors (Lipinski definition) is 0. The Bertz CT molecular complexity index is 875. The first-order chi connectivity index (χ1) is 11.3. The number of aromatic nitrogens is 3. The highest BCUT2D eigenvalue weighted by Gasteiger charge is 2.22. The lowest BCUT2D eigenvalue weighted by atomic mass is 10.2. The molecule has 1 fully saturated rings. The van der Waals surface area contributed by atoms with Crippen molar-refractivity contribution < 1.29 is 0 Å². The van der Waals surface area contributed by atoms with Gasteiger partial charge in [0.25, 0.3) is 0 Å². The summed E-state index contributed by atoms with van der Waals surface area (Å²) in [6, 6.07) is 12.0. The van der Waals surface area contributed by atoms with E-state index in [1.807, 2.05) is 6.07 Å². The van der Waals surface area contributed by atoms with Gasteiger partial charge in [-0.3, -0.25) is 0 Å². The van der Waals surface area contributed by atoms with E-state index >= 15 is 0 Å². The molecule has 1 aliphatic heterocycles. The standard InChI is InChI=1S/C16H14N6S/c17-11-12-5-6-18-16(19-12)22-9-7-21(8-10-22)15-13-3-1-2-4-14(13)23-20-15/h1-6H,7-10H2. The lowest BCUT2D eigenvalue weighted by molar-refractivity contribution is 0.637. The van der Waals surface area contributed by atoms with Crippen molar-refractivity contribution >= 4 is 33.4 Å². The minimum absolute atomic E-state index is 0.405. The van der Waals surface area contributed by atoms with Crippen LogP contribution in [0.25, 0.3) is 10.1 Å². The molecule has 0 spiro atoms. The van der Waals surface area contributed by atoms with Crippen molar-refractivity contribution in [3.05, 3.63) is 42.2 Å². The highest BCUT2D eigenvalue weighted by Crippen LogP contribution is 2.30. The van der Waals surface area contributed by atoms with Gasteiger partial charge in [-0.2, -0.15) is 9.64 Å². The first kappa shape index (κ1) is 13.9. The van der Waals surface area contributed by atoms with Gasteiger partial charge < -0.3 is 9.80 Å². The number of piperazine rings is 1. The molecule has 0 N–H and O–H groups in total. The molecule has 1 aromatic carbocycles. The molecule has 23 heavy (non-hydrogen) atoms. The van der Waals surface area contributed by atoms with Crippen LogP contribution in [-0.2, 0) is 0 Å². The van der Waals surface area contributed by atoms with E-state index < -0.39 is 0 Å². The Hall–Kier alpha value is -2.72. The smallest absolute Gasteiger partial charge is 0.226 e. The predicted molar refractivity (Wildman–Crippen MR) is 90.8 cm³/mol. The number of fused-ring (bicyclic) bond motifs is 1. The van der Waals surface area contributed by atoms with E-state index in [4.69, 9.17) is 5.26 Å². The van der Waals surface area contributed by atoms with E-state index in [9.17, 15) is 0 Å². The van der Waals surface area contributed by atoms with Gasteiger partial charge in [0.1, 0.15) is 17.6 Å². The first-order valence-corrected chi connectivity index (χ1v) is 8.20. The molecule has 7 heteroatoms. The second kappa shape index (κ2) is 5.82. The number of hydrogen-bond acceptors (Lipinski definition) is 7. The average molecular weight is 322 g/mol. The molecule has 0 saturated carbocycles. The van der Waals surface area contributed by atoms with E-state index in [0.29, 0.717) is 11.6 Å². The zero-order chi connectivity index (χ0) is 15.6.